The van der Waals surface area contributed by atoms with Crippen molar-refractivity contribution in [1.29, 1.82) is 0 Å². The molecule has 0 spiro atoms. The van der Waals surface area contributed by atoms with Gasteiger partial charge in [0.15, 0.2) is 0 Å². The first kappa shape index (κ1) is 27.2. The third-order valence-electron chi connectivity index (χ3n) is 6.13. The number of nitrogens with zero attached hydrogens (tertiary/aromatic N) is 1. The Kier molecular flexibility index (Phi) is 12.7. The molecule has 0 radical (unpaired) electrons. The first-order valence-electron chi connectivity index (χ1n) is 11.5. The van der Waals surface area contributed by atoms with E-state index >= 15 is 0 Å². The van der Waals surface area contributed by atoms with Gasteiger partial charge >= 0.3 is 155 Å². The number of alkyl halides is 2. The molecule has 5 heteroatoms. The van der Waals surface area contributed by atoms with Crippen LogP contribution in [-0.4, -0.2) is 57.4 Å². The van der Waals surface area contributed by atoms with Gasteiger partial charge in [0.05, 0.1) is 6.10 Å². The third kappa shape index (κ3) is 10.8. The van der Waals surface area contributed by atoms with Gasteiger partial charge in [0.1, 0.15) is 0 Å². The Bertz CT molecular complexity index is 468. The van der Waals surface area contributed by atoms with E-state index in [-0.39, 0.29) is 6.10 Å². The van der Waals surface area contributed by atoms with Crippen molar-refractivity contribution >= 4 is 0 Å². The molecule has 1 aliphatic carbocycles. The molecule has 29 heavy (non-hydrogen) atoms. The monoisotopic (exact) mass is 523 g/mol. The molecule has 0 bridgehead atoms. The first-order chi connectivity index (χ1) is 13.6. The summed E-state index contributed by atoms with van der Waals surface area (Å²) in [5, 5.41) is 14.2. The van der Waals surface area contributed by atoms with Crippen LogP contribution in [0.2, 0.25) is 0 Å². The van der Waals surface area contributed by atoms with Crippen molar-refractivity contribution in [2.45, 2.75) is 91.1 Å². The van der Waals surface area contributed by atoms with Crippen molar-refractivity contribution < 1.29 is 31.0 Å². The minimum atomic E-state index is -1.16. The fourth-order valence-corrected chi connectivity index (χ4v) is 6.22. The van der Waals surface area contributed by atoms with E-state index in [4.69, 9.17) is 4.74 Å². The van der Waals surface area contributed by atoms with Crippen LogP contribution in [0.1, 0.15) is 73.1 Å². The fraction of sp³-hybridized carbons (Fsp3) is 0.917. The molecule has 1 aliphatic rings. The molecule has 0 aromatic heterocycles. The van der Waals surface area contributed by atoms with Gasteiger partial charge in [0, 0.05) is 0 Å². The molecule has 0 unspecified atom stereocenters. The van der Waals surface area contributed by atoms with E-state index in [0.29, 0.717) is 45.5 Å². The molecule has 0 aromatic carbocycles. The molecule has 0 aliphatic heterocycles. The average molecular weight is 524 g/mol. The third-order valence-corrected chi connectivity index (χ3v) is 7.69. The van der Waals surface area contributed by atoms with Crippen molar-refractivity contribution in [2.24, 2.45) is 17.8 Å². The van der Waals surface area contributed by atoms with E-state index < -0.39 is 5.79 Å². The first-order valence-corrected chi connectivity index (χ1v) is 15.2. The van der Waals surface area contributed by atoms with Crippen molar-refractivity contribution in [1.82, 2.24) is 10.2 Å². The predicted octanol–water partition coefficient (Wildman–Crippen LogP) is 1.49. The van der Waals surface area contributed by atoms with Gasteiger partial charge in [-0.3, -0.25) is 0 Å². The van der Waals surface area contributed by atoms with E-state index in [1.54, 1.807) is 6.92 Å². The van der Waals surface area contributed by atoms with Crippen LogP contribution in [0.15, 0.2) is 12.3 Å². The molecule has 174 valence electrons. The summed E-state index contributed by atoms with van der Waals surface area (Å²) < 4.78 is 7.06. The molecule has 1 rings (SSSR count). The van der Waals surface area contributed by atoms with E-state index in [2.05, 4.69) is 42.6 Å². The quantitative estimate of drug-likeness (QED) is 0.206. The van der Waals surface area contributed by atoms with Crippen molar-refractivity contribution in [3.63, 3.8) is 0 Å². The summed E-state index contributed by atoms with van der Waals surface area (Å²) in [5.74, 6) is 1.01. The van der Waals surface area contributed by atoms with Gasteiger partial charge in [0.25, 0.3) is 0 Å². The number of nitrogens with one attached hydrogen (secondary N) is 1. The summed E-state index contributed by atoms with van der Waals surface area (Å²) in [7, 11) is 2.27. The number of ether oxygens (including phenoxy) is 1. The second kappa shape index (κ2) is 13.5. The van der Waals surface area contributed by atoms with Gasteiger partial charge in [-0.1, -0.05) is 0 Å². The van der Waals surface area contributed by atoms with Crippen LogP contribution in [0.3, 0.4) is 0 Å². The van der Waals surface area contributed by atoms with E-state index in [9.17, 15) is 5.11 Å². The Morgan fingerprint density at radius 2 is 1.97 bits per heavy atom. The summed E-state index contributed by atoms with van der Waals surface area (Å²) >= 11 is 0.401. The Labute approximate surface area is 191 Å². The van der Waals surface area contributed by atoms with Gasteiger partial charge < -0.3 is 9.84 Å². The topological polar surface area (TPSA) is 44.7 Å². The number of rotatable bonds is 14. The van der Waals surface area contributed by atoms with Crippen LogP contribution < -0.4 is 26.5 Å². The van der Waals surface area contributed by atoms with Crippen LogP contribution >= 0.6 is 0 Å². The van der Waals surface area contributed by atoms with Gasteiger partial charge in [0.2, 0.25) is 0 Å². The number of hydrogen-bond donors (Lipinski definition) is 2. The summed E-state index contributed by atoms with van der Waals surface area (Å²) in [6.07, 6.45) is 6.81. The molecule has 1 fully saturated rings. The van der Waals surface area contributed by atoms with Crippen molar-refractivity contribution in [2.75, 3.05) is 29.5 Å². The molecule has 1 saturated carbocycles. The normalized spacial score (nSPS) is 25.0. The Morgan fingerprint density at radius 3 is 2.55 bits per heavy atom. The number of hydrogen-bond acceptors (Lipinski definition) is 4. The van der Waals surface area contributed by atoms with Crippen molar-refractivity contribution in [3.05, 3.63) is 12.3 Å². The zero-order valence-electron chi connectivity index (χ0n) is 20.1. The predicted molar refractivity (Wildman–Crippen MR) is 121 cm³/mol. The Morgan fingerprint density at radius 1 is 1.28 bits per heavy atom. The molecule has 2 N–H and O–H groups in total. The molecular formula is C24H48IN2O2-. The van der Waals surface area contributed by atoms with E-state index in [1.165, 1.54) is 49.6 Å². The van der Waals surface area contributed by atoms with Gasteiger partial charge in [-0.2, -0.15) is 0 Å². The SMILES string of the molecule is C=C(C[C@](C)(O)OC(C)C)N[C@H]1CCC[C@@H](C(C)C)[C@H]1CCCN(C)CC[I-]C. The van der Waals surface area contributed by atoms with Crippen LogP contribution in [0.25, 0.3) is 0 Å². The molecule has 0 saturated heterocycles. The van der Waals surface area contributed by atoms with Crippen LogP contribution in [0.5, 0.6) is 0 Å². The Hall–Kier alpha value is 0.150. The zero-order chi connectivity index (χ0) is 22.0. The summed E-state index contributed by atoms with van der Waals surface area (Å²) in [4.78, 5) is 4.88. The van der Waals surface area contributed by atoms with Crippen molar-refractivity contribution in [3.8, 4) is 0 Å². The van der Waals surface area contributed by atoms with Crippen LogP contribution in [0, 0.1) is 17.8 Å². The molecule has 4 nitrogen and oxygen atoms in total. The maximum absolute atomic E-state index is 10.5. The van der Waals surface area contributed by atoms with Crippen LogP contribution in [0.4, 0.5) is 0 Å². The van der Waals surface area contributed by atoms with Gasteiger partial charge in [-0.05, 0) is 20.8 Å². The standard InChI is InChI=1S/C24H48IN2O2/c1-18(2)21-11-9-13-23(22(21)12-10-15-27(8)16-14-25-7)26-20(5)17-24(6,28)29-19(3)4/h18-19,21-23,26,28H,5,9-17H2,1-4,6-8H3/q-1/t21-,22+,23-,24+/m0/s1. The maximum atomic E-state index is 10.5. The molecule has 0 aromatic rings. The van der Waals surface area contributed by atoms with Crippen LogP contribution in [-0.2, 0) is 4.74 Å². The fourth-order valence-electron chi connectivity index (χ4n) is 4.92. The Balaban J connectivity index is 2.67. The second-order valence-corrected chi connectivity index (χ2v) is 12.4. The van der Waals surface area contributed by atoms with Gasteiger partial charge in [-0.15, -0.1) is 0 Å². The molecule has 0 heterocycles. The molecule has 0 amide bonds. The number of halogens is 1. The second-order valence-electron chi connectivity index (χ2n) is 9.78. The van der Waals surface area contributed by atoms with E-state index in [0.717, 1.165) is 11.6 Å². The summed E-state index contributed by atoms with van der Waals surface area (Å²) in [6.45, 7) is 17.1. The van der Waals surface area contributed by atoms with E-state index in [1.807, 2.05) is 13.8 Å². The molecular weight excluding hydrogens is 475 g/mol. The minimum absolute atomic E-state index is 0.00244. The summed E-state index contributed by atoms with van der Waals surface area (Å²) in [6, 6.07) is 0.463. The summed E-state index contributed by atoms with van der Waals surface area (Å²) in [5.41, 5.74) is 0.902. The zero-order valence-corrected chi connectivity index (χ0v) is 22.3. The number of aliphatic hydroxyl groups is 1. The molecule has 4 atom stereocenters. The van der Waals surface area contributed by atoms with Gasteiger partial charge in [-0.25, -0.2) is 0 Å². The average Bonchev–Trinajstić information content (AvgIpc) is 2.58.